The Hall–Kier alpha value is -2.04. The number of hydrogen-bond acceptors (Lipinski definition) is 3. The number of nitrogen functional groups attached to an aromatic ring is 1. The predicted molar refractivity (Wildman–Crippen MR) is 77.9 cm³/mol. The maximum atomic E-state index is 12.3. The fourth-order valence-corrected chi connectivity index (χ4v) is 2.59. The highest BCUT2D eigenvalue weighted by Crippen LogP contribution is 2.19. The molecule has 1 saturated heterocycles. The van der Waals surface area contributed by atoms with Crippen LogP contribution >= 0.6 is 0 Å². The van der Waals surface area contributed by atoms with Crippen molar-refractivity contribution in [3.05, 3.63) is 29.8 Å². The summed E-state index contributed by atoms with van der Waals surface area (Å²) in [5.74, 6) is -0.0379. The number of hydrogen-bond donors (Lipinski definition) is 2. The van der Waals surface area contributed by atoms with Crippen molar-refractivity contribution in [1.82, 2.24) is 10.2 Å². The summed E-state index contributed by atoms with van der Waals surface area (Å²) >= 11 is 0. The fraction of sp³-hybridized carbons (Fsp3) is 0.467. The Balaban J connectivity index is 1.99. The van der Waals surface area contributed by atoms with E-state index in [9.17, 15) is 9.59 Å². The van der Waals surface area contributed by atoms with Crippen molar-refractivity contribution in [1.29, 1.82) is 0 Å². The standard InChI is InChI=1S/C15H21N3O2/c1-17-15(20)12-6-4-8-18(10-12)14(19)9-11-5-2-3-7-13(11)16/h2-3,5,7,12H,4,6,8-10,16H2,1H3,(H,17,20). The minimum Gasteiger partial charge on any atom is -0.398 e. The number of nitrogens with one attached hydrogen (secondary N) is 1. The van der Waals surface area contributed by atoms with Gasteiger partial charge in [0.05, 0.1) is 12.3 Å². The first kappa shape index (κ1) is 14.4. The van der Waals surface area contributed by atoms with E-state index < -0.39 is 0 Å². The van der Waals surface area contributed by atoms with E-state index in [0.29, 0.717) is 18.7 Å². The lowest BCUT2D eigenvalue weighted by atomic mass is 9.96. The van der Waals surface area contributed by atoms with Crippen LogP contribution in [0.5, 0.6) is 0 Å². The van der Waals surface area contributed by atoms with Crippen LogP contribution in [-0.4, -0.2) is 36.9 Å². The smallest absolute Gasteiger partial charge is 0.227 e. The van der Waals surface area contributed by atoms with Crippen molar-refractivity contribution in [2.45, 2.75) is 19.3 Å². The van der Waals surface area contributed by atoms with Crippen LogP contribution in [0.15, 0.2) is 24.3 Å². The maximum absolute atomic E-state index is 12.3. The number of nitrogens with two attached hydrogens (primary N) is 1. The molecule has 2 rings (SSSR count). The van der Waals surface area contributed by atoms with Gasteiger partial charge >= 0.3 is 0 Å². The molecule has 1 aromatic rings. The van der Waals surface area contributed by atoms with Gasteiger partial charge in [0.2, 0.25) is 11.8 Å². The van der Waals surface area contributed by atoms with Gasteiger partial charge in [0.25, 0.3) is 0 Å². The Labute approximate surface area is 119 Å². The van der Waals surface area contributed by atoms with Crippen molar-refractivity contribution in [2.75, 3.05) is 25.9 Å². The highest BCUT2D eigenvalue weighted by atomic mass is 16.2. The number of rotatable bonds is 3. The normalized spacial score (nSPS) is 18.6. The number of anilines is 1. The number of benzene rings is 1. The molecule has 5 nitrogen and oxygen atoms in total. The van der Waals surface area contributed by atoms with E-state index in [-0.39, 0.29) is 17.7 Å². The first-order valence-electron chi connectivity index (χ1n) is 6.94. The molecular formula is C15H21N3O2. The number of amides is 2. The first-order valence-corrected chi connectivity index (χ1v) is 6.94. The molecule has 1 heterocycles. The van der Waals surface area contributed by atoms with Crippen LogP contribution in [-0.2, 0) is 16.0 Å². The summed E-state index contributed by atoms with van der Waals surface area (Å²) in [6.45, 7) is 1.23. The summed E-state index contributed by atoms with van der Waals surface area (Å²) in [7, 11) is 1.63. The SMILES string of the molecule is CNC(=O)C1CCCN(C(=O)Cc2ccccc2N)C1. The van der Waals surface area contributed by atoms with Crippen molar-refractivity contribution >= 4 is 17.5 Å². The van der Waals surface area contributed by atoms with E-state index in [1.807, 2.05) is 18.2 Å². The molecule has 0 aromatic heterocycles. The zero-order valence-electron chi connectivity index (χ0n) is 11.8. The van der Waals surface area contributed by atoms with Gasteiger partial charge in [0.1, 0.15) is 0 Å². The third kappa shape index (κ3) is 3.29. The lowest BCUT2D eigenvalue weighted by molar-refractivity contribution is -0.135. The van der Waals surface area contributed by atoms with Crippen LogP contribution in [0.1, 0.15) is 18.4 Å². The van der Waals surface area contributed by atoms with Gasteiger partial charge in [-0.2, -0.15) is 0 Å². The summed E-state index contributed by atoms with van der Waals surface area (Å²) in [6, 6.07) is 7.40. The predicted octanol–water partition coefficient (Wildman–Crippen LogP) is 0.796. The molecule has 0 radical (unpaired) electrons. The second-order valence-corrected chi connectivity index (χ2v) is 5.17. The minimum absolute atomic E-state index is 0.0155. The summed E-state index contributed by atoms with van der Waals surface area (Å²) in [5.41, 5.74) is 7.35. The molecule has 5 heteroatoms. The number of nitrogens with zero attached hydrogens (tertiary/aromatic N) is 1. The van der Waals surface area contributed by atoms with Gasteiger partial charge in [0, 0.05) is 25.8 Å². The van der Waals surface area contributed by atoms with Gasteiger partial charge in [-0.1, -0.05) is 18.2 Å². The van der Waals surface area contributed by atoms with Crippen LogP contribution < -0.4 is 11.1 Å². The van der Waals surface area contributed by atoms with Gasteiger partial charge in [0.15, 0.2) is 0 Å². The summed E-state index contributed by atoms with van der Waals surface area (Å²) in [6.07, 6.45) is 2.01. The molecule has 2 amide bonds. The lowest BCUT2D eigenvalue weighted by Gasteiger charge is -2.32. The van der Waals surface area contributed by atoms with Crippen molar-refractivity contribution in [3.8, 4) is 0 Å². The van der Waals surface area contributed by atoms with Crippen LogP contribution in [0.2, 0.25) is 0 Å². The van der Waals surface area contributed by atoms with Crippen molar-refractivity contribution in [3.63, 3.8) is 0 Å². The van der Waals surface area contributed by atoms with Crippen molar-refractivity contribution in [2.24, 2.45) is 5.92 Å². The largest absolute Gasteiger partial charge is 0.398 e. The van der Waals surface area contributed by atoms with Gasteiger partial charge in [-0.25, -0.2) is 0 Å². The zero-order chi connectivity index (χ0) is 14.5. The quantitative estimate of drug-likeness (QED) is 0.801. The van der Waals surface area contributed by atoms with E-state index >= 15 is 0 Å². The third-order valence-corrected chi connectivity index (χ3v) is 3.79. The zero-order valence-corrected chi connectivity index (χ0v) is 11.8. The number of carbonyl (C=O) groups is 2. The lowest BCUT2D eigenvalue weighted by Crippen LogP contribution is -2.45. The van der Waals surface area contributed by atoms with E-state index in [1.54, 1.807) is 18.0 Å². The Kier molecular flexibility index (Phi) is 4.61. The molecule has 1 aliphatic rings. The summed E-state index contributed by atoms with van der Waals surface area (Å²) in [5, 5.41) is 2.66. The fourth-order valence-electron chi connectivity index (χ4n) is 2.59. The second-order valence-electron chi connectivity index (χ2n) is 5.17. The monoisotopic (exact) mass is 275 g/mol. The number of likely N-dealkylation sites (tertiary alicyclic amines) is 1. The topological polar surface area (TPSA) is 75.4 Å². The van der Waals surface area contributed by atoms with Gasteiger partial charge in [-0.05, 0) is 24.5 Å². The molecule has 1 atom stereocenters. The minimum atomic E-state index is -0.0918. The van der Waals surface area contributed by atoms with Crippen LogP contribution in [0, 0.1) is 5.92 Å². The third-order valence-electron chi connectivity index (χ3n) is 3.79. The first-order chi connectivity index (χ1) is 9.61. The molecule has 0 spiro atoms. The molecule has 0 saturated carbocycles. The van der Waals surface area contributed by atoms with E-state index in [4.69, 9.17) is 5.73 Å². The Morgan fingerprint density at radius 2 is 2.15 bits per heavy atom. The highest BCUT2D eigenvalue weighted by Gasteiger charge is 2.27. The molecular weight excluding hydrogens is 254 g/mol. The van der Waals surface area contributed by atoms with E-state index in [2.05, 4.69) is 5.32 Å². The Morgan fingerprint density at radius 1 is 1.40 bits per heavy atom. The van der Waals surface area contributed by atoms with Gasteiger partial charge in [-0.15, -0.1) is 0 Å². The average Bonchev–Trinajstić information content (AvgIpc) is 2.49. The second kappa shape index (κ2) is 6.41. The summed E-state index contributed by atoms with van der Waals surface area (Å²) < 4.78 is 0. The molecule has 1 aliphatic heterocycles. The number of para-hydroxylation sites is 1. The van der Waals surface area contributed by atoms with Crippen LogP contribution in [0.3, 0.4) is 0 Å². The molecule has 1 unspecified atom stereocenters. The van der Waals surface area contributed by atoms with E-state index in [1.165, 1.54) is 0 Å². The maximum Gasteiger partial charge on any atom is 0.227 e. The molecule has 20 heavy (non-hydrogen) atoms. The molecule has 108 valence electrons. The molecule has 1 aromatic carbocycles. The van der Waals surface area contributed by atoms with Gasteiger partial charge in [-0.3, -0.25) is 9.59 Å². The number of carbonyl (C=O) groups excluding carboxylic acids is 2. The molecule has 1 fully saturated rings. The number of piperidine rings is 1. The average molecular weight is 275 g/mol. The van der Waals surface area contributed by atoms with Crippen molar-refractivity contribution < 1.29 is 9.59 Å². The van der Waals surface area contributed by atoms with Crippen LogP contribution in [0.25, 0.3) is 0 Å². The van der Waals surface area contributed by atoms with Crippen LogP contribution in [0.4, 0.5) is 5.69 Å². The Bertz CT molecular complexity index is 502. The van der Waals surface area contributed by atoms with Gasteiger partial charge < -0.3 is 16.0 Å². The highest BCUT2D eigenvalue weighted by molar-refractivity contribution is 5.83. The summed E-state index contributed by atoms with van der Waals surface area (Å²) in [4.78, 5) is 25.8. The molecule has 0 bridgehead atoms. The molecule has 3 N–H and O–H groups in total. The Morgan fingerprint density at radius 3 is 2.85 bits per heavy atom. The molecule has 0 aliphatic carbocycles. The van der Waals surface area contributed by atoms with E-state index in [0.717, 1.165) is 24.9 Å².